The fourth-order valence-corrected chi connectivity index (χ4v) is 5.86. The van der Waals surface area contributed by atoms with Crippen molar-refractivity contribution in [3.8, 4) is 9.88 Å². The molecule has 0 N–H and O–H groups in total. The van der Waals surface area contributed by atoms with Gasteiger partial charge in [-0.25, -0.2) is 4.98 Å². The van der Waals surface area contributed by atoms with E-state index < -0.39 is 0 Å². The number of rotatable bonds is 3. The van der Waals surface area contributed by atoms with Gasteiger partial charge in [-0.15, -0.1) is 22.7 Å². The molecule has 0 atom stereocenters. The molecule has 0 spiro atoms. The molecule has 0 radical (unpaired) electrons. The molecule has 2 aromatic heterocycles. The summed E-state index contributed by atoms with van der Waals surface area (Å²) in [4.78, 5) is 35.0. The number of carbonyl (C=O) groups is 2. The molecule has 0 aliphatic carbocycles. The molecule has 4 heterocycles. The molecule has 28 heavy (non-hydrogen) atoms. The van der Waals surface area contributed by atoms with Gasteiger partial charge >= 0.3 is 0 Å². The molecule has 0 unspecified atom stereocenters. The van der Waals surface area contributed by atoms with Crippen LogP contribution < -0.4 is 0 Å². The number of hydrogen-bond acceptors (Lipinski definition) is 5. The van der Waals surface area contributed by atoms with Gasteiger partial charge in [-0.3, -0.25) is 9.59 Å². The highest BCUT2D eigenvalue weighted by atomic mass is 35.5. The number of amides is 2. The first kappa shape index (κ1) is 19.9. The monoisotopic (exact) mass is 437 g/mol. The summed E-state index contributed by atoms with van der Waals surface area (Å²) in [6.45, 7) is 3.04. The van der Waals surface area contributed by atoms with Gasteiger partial charge in [0, 0.05) is 37.5 Å². The standard InChI is InChI=1S/C20H24ClN3O2S2/c21-17-6-5-16(28-17)18-22-15(13-27-18)20(26)24-11-7-14(8-12-24)19(25)23-9-3-1-2-4-10-23/h5-6,13-14H,1-4,7-12H2. The van der Waals surface area contributed by atoms with Crippen molar-refractivity contribution in [1.29, 1.82) is 0 Å². The third-order valence-corrected chi connectivity index (χ3v) is 7.80. The molecular formula is C20H24ClN3O2S2. The lowest BCUT2D eigenvalue weighted by atomic mass is 9.95. The summed E-state index contributed by atoms with van der Waals surface area (Å²) in [6, 6.07) is 3.77. The Balaban J connectivity index is 1.34. The van der Waals surface area contributed by atoms with E-state index in [1.54, 1.807) is 0 Å². The van der Waals surface area contributed by atoms with Gasteiger partial charge in [0.2, 0.25) is 5.91 Å². The molecule has 4 rings (SSSR count). The minimum atomic E-state index is -0.0363. The van der Waals surface area contributed by atoms with Gasteiger partial charge in [0.1, 0.15) is 10.7 Å². The van der Waals surface area contributed by atoms with Gasteiger partial charge in [0.05, 0.1) is 9.21 Å². The van der Waals surface area contributed by atoms with Crippen molar-refractivity contribution < 1.29 is 9.59 Å². The minimum absolute atomic E-state index is 0.0363. The number of thiazole rings is 1. The van der Waals surface area contributed by atoms with Gasteiger partial charge in [-0.05, 0) is 37.8 Å². The van der Waals surface area contributed by atoms with Crippen LogP contribution >= 0.6 is 34.3 Å². The highest BCUT2D eigenvalue weighted by Crippen LogP contribution is 2.33. The highest BCUT2D eigenvalue weighted by Gasteiger charge is 2.31. The molecule has 2 fully saturated rings. The minimum Gasteiger partial charge on any atom is -0.342 e. The van der Waals surface area contributed by atoms with Gasteiger partial charge in [-0.2, -0.15) is 0 Å². The number of thiophene rings is 1. The Morgan fingerprint density at radius 1 is 1.00 bits per heavy atom. The van der Waals surface area contributed by atoms with E-state index in [1.165, 1.54) is 35.5 Å². The first-order valence-corrected chi connectivity index (χ1v) is 12.0. The van der Waals surface area contributed by atoms with Gasteiger partial charge in [-0.1, -0.05) is 24.4 Å². The lowest BCUT2D eigenvalue weighted by Crippen LogP contribution is -2.44. The van der Waals surface area contributed by atoms with E-state index in [0.717, 1.165) is 48.7 Å². The van der Waals surface area contributed by atoms with Crippen molar-refractivity contribution in [3.05, 3.63) is 27.5 Å². The van der Waals surface area contributed by atoms with E-state index in [1.807, 2.05) is 27.3 Å². The van der Waals surface area contributed by atoms with E-state index in [0.29, 0.717) is 29.0 Å². The zero-order valence-corrected chi connectivity index (χ0v) is 18.1. The smallest absolute Gasteiger partial charge is 0.273 e. The summed E-state index contributed by atoms with van der Waals surface area (Å²) in [6.07, 6.45) is 6.18. The average molecular weight is 438 g/mol. The van der Waals surface area contributed by atoms with Crippen LogP contribution in [0.15, 0.2) is 17.5 Å². The van der Waals surface area contributed by atoms with E-state index in [4.69, 9.17) is 11.6 Å². The predicted molar refractivity (Wildman–Crippen MR) is 114 cm³/mol. The second-order valence-electron chi connectivity index (χ2n) is 7.45. The second kappa shape index (κ2) is 8.93. The largest absolute Gasteiger partial charge is 0.342 e. The number of aromatic nitrogens is 1. The van der Waals surface area contributed by atoms with Crippen LogP contribution in [0, 0.1) is 5.92 Å². The van der Waals surface area contributed by atoms with Crippen molar-refractivity contribution in [2.45, 2.75) is 38.5 Å². The Morgan fingerprint density at radius 2 is 1.71 bits per heavy atom. The maximum Gasteiger partial charge on any atom is 0.273 e. The quantitative estimate of drug-likeness (QED) is 0.694. The van der Waals surface area contributed by atoms with Crippen LogP contribution in [0.3, 0.4) is 0 Å². The number of nitrogens with zero attached hydrogens (tertiary/aromatic N) is 3. The van der Waals surface area contributed by atoms with Crippen LogP contribution in [-0.4, -0.2) is 52.8 Å². The van der Waals surface area contributed by atoms with Crippen LogP contribution in [0.1, 0.15) is 49.0 Å². The maximum absolute atomic E-state index is 12.8. The Bertz CT molecular complexity index is 834. The Hall–Kier alpha value is -1.44. The molecule has 5 nitrogen and oxygen atoms in total. The summed E-state index contributed by atoms with van der Waals surface area (Å²) in [7, 11) is 0. The van der Waals surface area contributed by atoms with E-state index in [-0.39, 0.29) is 11.8 Å². The normalized spacial score (nSPS) is 18.9. The zero-order valence-electron chi connectivity index (χ0n) is 15.7. The summed E-state index contributed by atoms with van der Waals surface area (Å²) < 4.78 is 0.717. The molecule has 2 aliphatic rings. The molecule has 0 aromatic carbocycles. The van der Waals surface area contributed by atoms with Crippen LogP contribution in [0.25, 0.3) is 9.88 Å². The van der Waals surface area contributed by atoms with E-state index in [2.05, 4.69) is 4.98 Å². The third-order valence-electron chi connectivity index (χ3n) is 5.56. The summed E-state index contributed by atoms with van der Waals surface area (Å²) in [5.74, 6) is 0.312. The molecule has 150 valence electrons. The second-order valence-corrected chi connectivity index (χ2v) is 10.0. The SMILES string of the molecule is O=C(c1csc(-c2ccc(Cl)s2)n1)N1CCC(C(=O)N2CCCCCC2)CC1. The van der Waals surface area contributed by atoms with Crippen molar-refractivity contribution in [2.24, 2.45) is 5.92 Å². The number of halogens is 1. The Labute approximate surface area is 178 Å². The molecule has 2 amide bonds. The number of hydrogen-bond donors (Lipinski definition) is 0. The van der Waals surface area contributed by atoms with E-state index in [9.17, 15) is 9.59 Å². The molecule has 2 saturated heterocycles. The van der Waals surface area contributed by atoms with Crippen LogP contribution in [0.5, 0.6) is 0 Å². The molecule has 2 aromatic rings. The van der Waals surface area contributed by atoms with Crippen molar-refractivity contribution in [3.63, 3.8) is 0 Å². The molecular weight excluding hydrogens is 414 g/mol. The highest BCUT2D eigenvalue weighted by molar-refractivity contribution is 7.23. The number of piperidine rings is 1. The van der Waals surface area contributed by atoms with Crippen LogP contribution in [0.2, 0.25) is 4.34 Å². The lowest BCUT2D eigenvalue weighted by Gasteiger charge is -2.33. The van der Waals surface area contributed by atoms with Crippen molar-refractivity contribution >= 4 is 46.1 Å². The third kappa shape index (κ3) is 4.42. The average Bonchev–Trinajstić information content (AvgIpc) is 3.29. The van der Waals surface area contributed by atoms with Gasteiger partial charge in [0.15, 0.2) is 0 Å². The van der Waals surface area contributed by atoms with Crippen LogP contribution in [0.4, 0.5) is 0 Å². The summed E-state index contributed by atoms with van der Waals surface area (Å²) in [5, 5.41) is 2.64. The van der Waals surface area contributed by atoms with Crippen molar-refractivity contribution in [1.82, 2.24) is 14.8 Å². The summed E-state index contributed by atoms with van der Waals surface area (Å²) >= 11 is 8.93. The molecule has 2 aliphatic heterocycles. The number of likely N-dealkylation sites (tertiary alicyclic amines) is 2. The fraction of sp³-hybridized carbons (Fsp3) is 0.550. The number of carbonyl (C=O) groups excluding carboxylic acids is 2. The molecule has 0 saturated carbocycles. The summed E-state index contributed by atoms with van der Waals surface area (Å²) in [5.41, 5.74) is 0.488. The molecule has 8 heteroatoms. The van der Waals surface area contributed by atoms with E-state index >= 15 is 0 Å². The van der Waals surface area contributed by atoms with Crippen LogP contribution in [-0.2, 0) is 4.79 Å². The van der Waals surface area contributed by atoms with Crippen molar-refractivity contribution in [2.75, 3.05) is 26.2 Å². The fourth-order valence-electron chi connectivity index (χ4n) is 3.96. The topological polar surface area (TPSA) is 53.5 Å². The first-order valence-electron chi connectivity index (χ1n) is 9.91. The Morgan fingerprint density at radius 3 is 2.36 bits per heavy atom. The maximum atomic E-state index is 12.8. The zero-order chi connectivity index (χ0) is 19.5. The van der Waals surface area contributed by atoms with Gasteiger partial charge in [0.25, 0.3) is 5.91 Å². The van der Waals surface area contributed by atoms with Gasteiger partial charge < -0.3 is 9.80 Å². The first-order chi connectivity index (χ1) is 13.6. The Kier molecular flexibility index (Phi) is 6.33. The molecule has 0 bridgehead atoms. The lowest BCUT2D eigenvalue weighted by molar-refractivity contribution is -0.136. The predicted octanol–water partition coefficient (Wildman–Crippen LogP) is 4.78.